The van der Waals surface area contributed by atoms with Crippen LogP contribution in [0.25, 0.3) is 0 Å². The Bertz CT molecular complexity index is 296. The third-order valence-corrected chi connectivity index (χ3v) is 2.10. The number of aromatic nitrogens is 1. The molecule has 14 heavy (non-hydrogen) atoms. The molecular formula is C9H13ClN2O2. The predicted molar refractivity (Wildman–Crippen MR) is 55.0 cm³/mol. The standard InChI is InChI=1S/C9H13ClN2O2/c10-3-1-8(13)9(14)7-5-6(11)2-4-12-7/h2,4-5,8-9,13-14H,1,3H2,(H2,11,12). The van der Waals surface area contributed by atoms with E-state index in [-0.39, 0.29) is 0 Å². The second-order valence-corrected chi connectivity index (χ2v) is 3.38. The number of aliphatic hydroxyl groups is 2. The van der Waals surface area contributed by atoms with Crippen LogP contribution in [0.15, 0.2) is 18.3 Å². The minimum absolute atomic E-state index is 0.292. The van der Waals surface area contributed by atoms with Gasteiger partial charge in [-0.1, -0.05) is 0 Å². The molecule has 1 aromatic rings. The number of pyridine rings is 1. The molecule has 0 bridgehead atoms. The smallest absolute Gasteiger partial charge is 0.122 e. The summed E-state index contributed by atoms with van der Waals surface area (Å²) in [5.41, 5.74) is 6.38. The highest BCUT2D eigenvalue weighted by Crippen LogP contribution is 2.18. The van der Waals surface area contributed by atoms with E-state index >= 15 is 0 Å². The molecule has 2 unspecified atom stereocenters. The van der Waals surface area contributed by atoms with Crippen LogP contribution < -0.4 is 5.73 Å². The molecule has 0 aromatic carbocycles. The number of nitrogens with zero attached hydrogens (tertiary/aromatic N) is 1. The van der Waals surface area contributed by atoms with Crippen LogP contribution in [-0.4, -0.2) is 27.2 Å². The molecule has 4 nitrogen and oxygen atoms in total. The lowest BCUT2D eigenvalue weighted by Crippen LogP contribution is -2.19. The fourth-order valence-electron chi connectivity index (χ4n) is 1.09. The molecule has 2 atom stereocenters. The number of alkyl halides is 1. The number of nitrogens with two attached hydrogens (primary N) is 1. The van der Waals surface area contributed by atoms with Crippen LogP contribution in [0.2, 0.25) is 0 Å². The van der Waals surface area contributed by atoms with Gasteiger partial charge in [0.05, 0.1) is 11.8 Å². The average Bonchev–Trinajstić information content (AvgIpc) is 2.17. The van der Waals surface area contributed by atoms with Gasteiger partial charge in [-0.3, -0.25) is 4.98 Å². The maximum Gasteiger partial charge on any atom is 0.122 e. The van der Waals surface area contributed by atoms with Gasteiger partial charge in [-0.15, -0.1) is 11.6 Å². The van der Waals surface area contributed by atoms with Crippen molar-refractivity contribution < 1.29 is 10.2 Å². The molecule has 0 spiro atoms. The van der Waals surface area contributed by atoms with Crippen molar-refractivity contribution in [1.29, 1.82) is 0 Å². The van der Waals surface area contributed by atoms with E-state index < -0.39 is 12.2 Å². The molecular weight excluding hydrogens is 204 g/mol. The van der Waals surface area contributed by atoms with E-state index in [1.165, 1.54) is 12.3 Å². The van der Waals surface area contributed by atoms with Gasteiger partial charge in [-0.05, 0) is 18.6 Å². The summed E-state index contributed by atoms with van der Waals surface area (Å²) < 4.78 is 0. The highest BCUT2D eigenvalue weighted by Gasteiger charge is 2.18. The van der Waals surface area contributed by atoms with Gasteiger partial charge in [-0.25, -0.2) is 0 Å². The number of anilines is 1. The van der Waals surface area contributed by atoms with E-state index in [1.807, 2.05) is 0 Å². The van der Waals surface area contributed by atoms with Gasteiger partial charge in [0, 0.05) is 17.8 Å². The Morgan fingerprint density at radius 2 is 2.21 bits per heavy atom. The number of hydrogen-bond acceptors (Lipinski definition) is 4. The van der Waals surface area contributed by atoms with Crippen LogP contribution in [0, 0.1) is 0 Å². The second-order valence-electron chi connectivity index (χ2n) is 3.00. The SMILES string of the molecule is Nc1ccnc(C(O)C(O)CCCl)c1. The molecule has 0 saturated carbocycles. The van der Waals surface area contributed by atoms with E-state index in [2.05, 4.69) is 4.98 Å². The number of nitrogen functional groups attached to an aromatic ring is 1. The van der Waals surface area contributed by atoms with Crippen LogP contribution in [-0.2, 0) is 0 Å². The van der Waals surface area contributed by atoms with E-state index in [4.69, 9.17) is 17.3 Å². The number of hydrogen-bond donors (Lipinski definition) is 3. The van der Waals surface area contributed by atoms with E-state index in [0.29, 0.717) is 23.7 Å². The molecule has 0 fully saturated rings. The Labute approximate surface area is 87.3 Å². The molecule has 0 radical (unpaired) electrons. The zero-order valence-electron chi connectivity index (χ0n) is 7.60. The van der Waals surface area contributed by atoms with Gasteiger partial charge in [0.2, 0.25) is 0 Å². The van der Waals surface area contributed by atoms with E-state index in [0.717, 1.165) is 0 Å². The summed E-state index contributed by atoms with van der Waals surface area (Å²) in [5.74, 6) is 0.292. The second kappa shape index (κ2) is 5.14. The molecule has 1 heterocycles. The lowest BCUT2D eigenvalue weighted by Gasteiger charge is -2.16. The van der Waals surface area contributed by atoms with Crippen molar-refractivity contribution in [2.45, 2.75) is 18.6 Å². The van der Waals surface area contributed by atoms with Crippen molar-refractivity contribution in [2.24, 2.45) is 0 Å². The Hall–Kier alpha value is -0.840. The lowest BCUT2D eigenvalue weighted by molar-refractivity contribution is 0.0145. The van der Waals surface area contributed by atoms with Crippen LogP contribution >= 0.6 is 11.6 Å². The van der Waals surface area contributed by atoms with Crippen molar-refractivity contribution in [3.63, 3.8) is 0 Å². The predicted octanol–water partition coefficient (Wildman–Crippen LogP) is 0.687. The van der Waals surface area contributed by atoms with Gasteiger partial charge in [0.1, 0.15) is 6.10 Å². The maximum atomic E-state index is 9.62. The van der Waals surface area contributed by atoms with Gasteiger partial charge >= 0.3 is 0 Å². The summed E-state index contributed by atoms with van der Waals surface area (Å²) in [6.45, 7) is 0. The van der Waals surface area contributed by atoms with Crippen molar-refractivity contribution in [1.82, 2.24) is 4.98 Å². The topological polar surface area (TPSA) is 79.4 Å². The van der Waals surface area contributed by atoms with Crippen LogP contribution in [0.4, 0.5) is 5.69 Å². The summed E-state index contributed by atoms with van der Waals surface area (Å²) in [5, 5.41) is 19.1. The largest absolute Gasteiger partial charge is 0.399 e. The Morgan fingerprint density at radius 1 is 1.50 bits per heavy atom. The van der Waals surface area contributed by atoms with Crippen molar-refractivity contribution >= 4 is 17.3 Å². The lowest BCUT2D eigenvalue weighted by atomic mass is 10.1. The normalized spacial score (nSPS) is 15.1. The zero-order valence-corrected chi connectivity index (χ0v) is 8.35. The first-order valence-electron chi connectivity index (χ1n) is 4.28. The molecule has 0 amide bonds. The summed E-state index contributed by atoms with van der Waals surface area (Å²) in [6, 6.07) is 3.15. The molecule has 1 rings (SSSR count). The fraction of sp³-hybridized carbons (Fsp3) is 0.444. The number of halogens is 1. The van der Waals surface area contributed by atoms with E-state index in [1.54, 1.807) is 6.07 Å². The summed E-state index contributed by atoms with van der Waals surface area (Å²) in [4.78, 5) is 3.91. The third-order valence-electron chi connectivity index (χ3n) is 1.88. The molecule has 0 aliphatic heterocycles. The summed E-state index contributed by atoms with van der Waals surface area (Å²) >= 11 is 5.44. The van der Waals surface area contributed by atoms with Crippen LogP contribution in [0.3, 0.4) is 0 Å². The van der Waals surface area contributed by atoms with Gasteiger partial charge in [0.15, 0.2) is 0 Å². The monoisotopic (exact) mass is 216 g/mol. The molecule has 78 valence electrons. The van der Waals surface area contributed by atoms with Crippen LogP contribution in [0.1, 0.15) is 18.2 Å². The summed E-state index contributed by atoms with van der Waals surface area (Å²) in [7, 11) is 0. The molecule has 4 N–H and O–H groups in total. The first kappa shape index (κ1) is 11.2. The van der Waals surface area contributed by atoms with Crippen molar-refractivity contribution in [2.75, 3.05) is 11.6 Å². The highest BCUT2D eigenvalue weighted by atomic mass is 35.5. The molecule has 5 heteroatoms. The van der Waals surface area contributed by atoms with Crippen LogP contribution in [0.5, 0.6) is 0 Å². The minimum atomic E-state index is -1.03. The van der Waals surface area contributed by atoms with Crippen molar-refractivity contribution in [3.05, 3.63) is 24.0 Å². The molecule has 1 aromatic heterocycles. The average molecular weight is 217 g/mol. The molecule has 0 aliphatic carbocycles. The Kier molecular flexibility index (Phi) is 4.13. The number of rotatable bonds is 4. The summed E-state index contributed by atoms with van der Waals surface area (Å²) in [6.07, 6.45) is -0.125. The first-order chi connectivity index (χ1) is 6.65. The highest BCUT2D eigenvalue weighted by molar-refractivity contribution is 6.17. The van der Waals surface area contributed by atoms with Gasteiger partial charge < -0.3 is 15.9 Å². The fourth-order valence-corrected chi connectivity index (χ4v) is 1.32. The zero-order chi connectivity index (χ0) is 10.6. The Morgan fingerprint density at radius 3 is 2.79 bits per heavy atom. The molecule has 0 saturated heterocycles. The number of aliphatic hydroxyl groups excluding tert-OH is 2. The van der Waals surface area contributed by atoms with E-state index in [9.17, 15) is 10.2 Å². The first-order valence-corrected chi connectivity index (χ1v) is 4.82. The van der Waals surface area contributed by atoms with Gasteiger partial charge in [0.25, 0.3) is 0 Å². The minimum Gasteiger partial charge on any atom is -0.399 e. The maximum absolute atomic E-state index is 9.62. The van der Waals surface area contributed by atoms with Gasteiger partial charge in [-0.2, -0.15) is 0 Å². The quantitative estimate of drug-likeness (QED) is 0.647. The Balaban J connectivity index is 2.73. The third kappa shape index (κ3) is 2.83. The molecule has 0 aliphatic rings. The van der Waals surface area contributed by atoms with Crippen molar-refractivity contribution in [3.8, 4) is 0 Å².